The summed E-state index contributed by atoms with van der Waals surface area (Å²) in [6.45, 7) is 1.99. The van der Waals surface area contributed by atoms with Gasteiger partial charge in [0.25, 0.3) is 0 Å². The highest BCUT2D eigenvalue weighted by Crippen LogP contribution is 2.52. The van der Waals surface area contributed by atoms with Crippen molar-refractivity contribution in [2.45, 2.75) is 19.8 Å². The molecule has 1 heteroatoms. The molecule has 0 aromatic heterocycles. The predicted octanol–water partition coefficient (Wildman–Crippen LogP) is 4.09. The number of hydrogen-bond donors (Lipinski definition) is 1. The minimum atomic E-state index is 0.329. The second-order valence-corrected chi connectivity index (χ2v) is 5.69. The number of rotatable bonds is 0. The number of aromatic hydroxyl groups is 1. The Morgan fingerprint density at radius 2 is 1.72 bits per heavy atom. The molecule has 1 saturated carbocycles. The van der Waals surface area contributed by atoms with E-state index in [2.05, 4.69) is 24.3 Å². The molecule has 4 unspecified atom stereocenters. The lowest BCUT2D eigenvalue weighted by molar-refractivity contribution is 0.398. The zero-order chi connectivity index (χ0) is 12.5. The Bertz CT molecular complexity index is 448. The van der Waals surface area contributed by atoms with Gasteiger partial charge in [-0.15, -0.1) is 0 Å². The van der Waals surface area contributed by atoms with Crippen LogP contribution in [0.1, 0.15) is 18.4 Å². The number of hydrogen-bond acceptors (Lipinski definition) is 1. The fourth-order valence-electron chi connectivity index (χ4n) is 3.52. The van der Waals surface area contributed by atoms with Crippen LogP contribution in [0, 0.1) is 30.6 Å². The summed E-state index contributed by atoms with van der Waals surface area (Å²) in [4.78, 5) is 0. The smallest absolute Gasteiger partial charge is 0.115 e. The number of phenols is 1. The second kappa shape index (κ2) is 4.64. The molecule has 0 spiro atoms. The molecule has 0 heterocycles. The average molecular weight is 240 g/mol. The first-order chi connectivity index (χ1) is 8.74. The highest BCUT2D eigenvalue weighted by Gasteiger charge is 2.44. The second-order valence-electron chi connectivity index (χ2n) is 5.69. The Hall–Kier alpha value is -1.50. The molecule has 0 saturated heterocycles. The van der Waals surface area contributed by atoms with E-state index in [1.807, 2.05) is 19.1 Å². The topological polar surface area (TPSA) is 20.2 Å². The number of aryl methyl sites for hydroxylation is 1. The van der Waals surface area contributed by atoms with Crippen molar-refractivity contribution in [3.8, 4) is 5.75 Å². The van der Waals surface area contributed by atoms with Gasteiger partial charge in [0.1, 0.15) is 5.75 Å². The maximum atomic E-state index is 8.76. The van der Waals surface area contributed by atoms with Gasteiger partial charge in [0, 0.05) is 0 Å². The van der Waals surface area contributed by atoms with Gasteiger partial charge >= 0.3 is 0 Å². The summed E-state index contributed by atoms with van der Waals surface area (Å²) in [7, 11) is 0. The van der Waals surface area contributed by atoms with E-state index < -0.39 is 0 Å². The lowest BCUT2D eigenvalue weighted by Gasteiger charge is -2.18. The summed E-state index contributed by atoms with van der Waals surface area (Å²) in [5, 5.41) is 8.76. The zero-order valence-corrected chi connectivity index (χ0v) is 10.8. The van der Waals surface area contributed by atoms with Crippen LogP contribution in [-0.2, 0) is 0 Å². The SMILES string of the molecule is C1=CC2C3C=CC(C3)C2C1.Cc1ccc(O)cc1. The number of fused-ring (bicyclic) bond motifs is 5. The molecule has 1 aromatic rings. The van der Waals surface area contributed by atoms with Crippen LogP contribution in [0.25, 0.3) is 0 Å². The van der Waals surface area contributed by atoms with Crippen LogP contribution in [0.5, 0.6) is 5.75 Å². The Kier molecular flexibility index (Phi) is 2.99. The van der Waals surface area contributed by atoms with Gasteiger partial charge in [0.05, 0.1) is 0 Å². The molecule has 0 aliphatic heterocycles. The molecule has 0 amide bonds. The van der Waals surface area contributed by atoms with Crippen LogP contribution in [0.3, 0.4) is 0 Å². The number of allylic oxidation sites excluding steroid dienone is 4. The van der Waals surface area contributed by atoms with Crippen molar-refractivity contribution in [3.05, 3.63) is 54.1 Å². The standard InChI is InChI=1S/C10H12.C7H8O/c1-2-9-7-4-5-8(6-7)10(9)3-1;1-6-2-4-7(8)5-3-6/h1-2,4-5,7-10H,3,6H2;2-5,8H,1H3. The maximum absolute atomic E-state index is 8.76. The molecule has 1 aromatic carbocycles. The van der Waals surface area contributed by atoms with E-state index in [9.17, 15) is 0 Å². The molecule has 2 bridgehead atoms. The molecule has 94 valence electrons. The Labute approximate surface area is 109 Å². The minimum Gasteiger partial charge on any atom is -0.508 e. The van der Waals surface area contributed by atoms with Crippen LogP contribution in [0.2, 0.25) is 0 Å². The predicted molar refractivity (Wildman–Crippen MR) is 74.3 cm³/mol. The lowest BCUT2D eigenvalue weighted by Crippen LogP contribution is -2.12. The zero-order valence-electron chi connectivity index (χ0n) is 10.8. The highest BCUT2D eigenvalue weighted by molar-refractivity contribution is 5.24. The molecule has 1 fully saturated rings. The summed E-state index contributed by atoms with van der Waals surface area (Å²) in [6.07, 6.45) is 12.5. The van der Waals surface area contributed by atoms with E-state index >= 15 is 0 Å². The fraction of sp³-hybridized carbons (Fsp3) is 0.412. The van der Waals surface area contributed by atoms with Gasteiger partial charge in [-0.05, 0) is 55.6 Å². The fourth-order valence-corrected chi connectivity index (χ4v) is 3.52. The van der Waals surface area contributed by atoms with Gasteiger partial charge in [-0.2, -0.15) is 0 Å². The highest BCUT2D eigenvalue weighted by atomic mass is 16.3. The first-order valence-corrected chi connectivity index (χ1v) is 6.84. The Morgan fingerprint density at radius 3 is 2.39 bits per heavy atom. The molecule has 18 heavy (non-hydrogen) atoms. The van der Waals surface area contributed by atoms with Gasteiger partial charge in [-0.25, -0.2) is 0 Å². The largest absolute Gasteiger partial charge is 0.508 e. The van der Waals surface area contributed by atoms with Crippen LogP contribution >= 0.6 is 0 Å². The van der Waals surface area contributed by atoms with Gasteiger partial charge in [-0.3, -0.25) is 0 Å². The quantitative estimate of drug-likeness (QED) is 0.677. The van der Waals surface area contributed by atoms with E-state index in [0.29, 0.717) is 5.75 Å². The number of benzene rings is 1. The van der Waals surface area contributed by atoms with Crippen molar-refractivity contribution in [1.82, 2.24) is 0 Å². The van der Waals surface area contributed by atoms with E-state index in [-0.39, 0.29) is 0 Å². The van der Waals surface area contributed by atoms with Crippen molar-refractivity contribution in [2.24, 2.45) is 23.7 Å². The third-order valence-corrected chi connectivity index (χ3v) is 4.49. The third kappa shape index (κ3) is 2.10. The molecular formula is C17H20O. The van der Waals surface area contributed by atoms with E-state index in [4.69, 9.17) is 5.11 Å². The van der Waals surface area contributed by atoms with Gasteiger partial charge in [0.15, 0.2) is 0 Å². The van der Waals surface area contributed by atoms with E-state index in [1.165, 1.54) is 18.4 Å². The molecule has 3 aliphatic rings. The summed E-state index contributed by atoms with van der Waals surface area (Å²) in [5.41, 5.74) is 1.17. The van der Waals surface area contributed by atoms with Gasteiger partial charge < -0.3 is 5.11 Å². The molecule has 1 nitrogen and oxygen atoms in total. The summed E-state index contributed by atoms with van der Waals surface area (Å²) in [5.74, 6) is 4.15. The van der Waals surface area contributed by atoms with Crippen molar-refractivity contribution in [1.29, 1.82) is 0 Å². The van der Waals surface area contributed by atoms with Crippen molar-refractivity contribution in [3.63, 3.8) is 0 Å². The van der Waals surface area contributed by atoms with Gasteiger partial charge in [-0.1, -0.05) is 42.0 Å². The molecule has 4 rings (SSSR count). The van der Waals surface area contributed by atoms with Crippen molar-refractivity contribution >= 4 is 0 Å². The Morgan fingerprint density at radius 1 is 1.00 bits per heavy atom. The maximum Gasteiger partial charge on any atom is 0.115 e. The summed E-state index contributed by atoms with van der Waals surface area (Å²) >= 11 is 0. The number of phenolic OH excluding ortho intramolecular Hbond substituents is 1. The van der Waals surface area contributed by atoms with Gasteiger partial charge in [0.2, 0.25) is 0 Å². The third-order valence-electron chi connectivity index (χ3n) is 4.49. The normalized spacial score (nSPS) is 34.3. The van der Waals surface area contributed by atoms with Crippen molar-refractivity contribution < 1.29 is 5.11 Å². The summed E-state index contributed by atoms with van der Waals surface area (Å²) in [6, 6.07) is 7.09. The first-order valence-electron chi connectivity index (χ1n) is 6.84. The average Bonchev–Trinajstić information content (AvgIpc) is 3.05. The minimum absolute atomic E-state index is 0.329. The first kappa shape index (κ1) is 11.6. The molecule has 1 N–H and O–H groups in total. The van der Waals surface area contributed by atoms with Crippen LogP contribution < -0.4 is 0 Å². The van der Waals surface area contributed by atoms with E-state index in [0.717, 1.165) is 23.7 Å². The molecule has 4 atom stereocenters. The monoisotopic (exact) mass is 240 g/mol. The van der Waals surface area contributed by atoms with E-state index in [1.54, 1.807) is 12.1 Å². The molecule has 0 radical (unpaired) electrons. The van der Waals surface area contributed by atoms with Crippen LogP contribution in [-0.4, -0.2) is 5.11 Å². The van der Waals surface area contributed by atoms with Crippen molar-refractivity contribution in [2.75, 3.05) is 0 Å². The Balaban J connectivity index is 0.000000115. The molecular weight excluding hydrogens is 220 g/mol. The summed E-state index contributed by atoms with van der Waals surface area (Å²) < 4.78 is 0. The lowest BCUT2D eigenvalue weighted by atomic mass is 9.86. The molecule has 3 aliphatic carbocycles. The van der Waals surface area contributed by atoms with Crippen LogP contribution in [0.4, 0.5) is 0 Å². The van der Waals surface area contributed by atoms with Crippen LogP contribution in [0.15, 0.2) is 48.6 Å².